The van der Waals surface area contributed by atoms with Crippen molar-refractivity contribution in [3.05, 3.63) is 97.1 Å². The van der Waals surface area contributed by atoms with E-state index in [1.54, 1.807) is 0 Å². The monoisotopic (exact) mass is 546 g/mol. The Hall–Kier alpha value is -3.14. The number of rotatable bonds is 9. The van der Waals surface area contributed by atoms with E-state index in [0.717, 1.165) is 47.9 Å². The van der Waals surface area contributed by atoms with E-state index in [1.807, 2.05) is 97.1 Å². The lowest BCUT2D eigenvalue weighted by atomic mass is 10.0. The van der Waals surface area contributed by atoms with E-state index in [4.69, 9.17) is 18.1 Å². The van der Waals surface area contributed by atoms with Gasteiger partial charge in [0.15, 0.2) is 0 Å². The molecule has 0 aliphatic carbocycles. The fraction of sp³-hybridized carbons (Fsp3) is 0.200. The molecule has 8 heteroatoms. The van der Waals surface area contributed by atoms with Crippen molar-refractivity contribution in [3.63, 3.8) is 0 Å². The first kappa shape index (κ1) is 25.2. The van der Waals surface area contributed by atoms with Crippen molar-refractivity contribution in [2.75, 3.05) is 13.2 Å². The third-order valence-electron chi connectivity index (χ3n) is 6.75. The summed E-state index contributed by atoms with van der Waals surface area (Å²) in [5, 5.41) is 1.21. The van der Waals surface area contributed by atoms with Gasteiger partial charge in [-0.3, -0.25) is 9.05 Å². The minimum Gasteiger partial charge on any atom is -0.421 e. The van der Waals surface area contributed by atoms with E-state index in [0.29, 0.717) is 35.3 Å². The fourth-order valence-electron chi connectivity index (χ4n) is 4.89. The fourth-order valence-corrected chi connectivity index (χ4v) is 8.57. The van der Waals surface area contributed by atoms with Crippen LogP contribution in [0.4, 0.5) is 0 Å². The van der Waals surface area contributed by atoms with E-state index in [2.05, 4.69) is 0 Å². The molecule has 0 fully saturated rings. The first-order valence-corrected chi connectivity index (χ1v) is 15.9. The van der Waals surface area contributed by atoms with Crippen molar-refractivity contribution in [2.45, 2.75) is 25.7 Å². The molecule has 0 spiro atoms. The van der Waals surface area contributed by atoms with Crippen LogP contribution in [0.15, 0.2) is 97.1 Å². The highest BCUT2D eigenvalue weighted by molar-refractivity contribution is 7.63. The van der Waals surface area contributed by atoms with Gasteiger partial charge >= 0.3 is 15.2 Å². The van der Waals surface area contributed by atoms with E-state index in [1.165, 1.54) is 0 Å². The van der Waals surface area contributed by atoms with Gasteiger partial charge in [0.25, 0.3) is 0 Å². The van der Waals surface area contributed by atoms with Crippen LogP contribution in [0.1, 0.15) is 25.7 Å². The molecule has 2 atom stereocenters. The van der Waals surface area contributed by atoms with Crippen LogP contribution in [0.25, 0.3) is 22.3 Å². The van der Waals surface area contributed by atoms with Gasteiger partial charge in [0, 0.05) is 22.3 Å². The summed E-state index contributed by atoms with van der Waals surface area (Å²) < 4.78 is 50.8. The van der Waals surface area contributed by atoms with Crippen LogP contribution in [0.2, 0.25) is 0 Å². The second-order valence-corrected chi connectivity index (χ2v) is 13.1. The van der Waals surface area contributed by atoms with Gasteiger partial charge in [0.2, 0.25) is 0 Å². The zero-order chi connectivity index (χ0) is 26.0. The first-order chi connectivity index (χ1) is 18.6. The second kappa shape index (κ2) is 10.6. The van der Waals surface area contributed by atoms with Gasteiger partial charge in [-0.2, -0.15) is 0 Å². The largest absolute Gasteiger partial charge is 0.421 e. The van der Waals surface area contributed by atoms with Gasteiger partial charge in [0.1, 0.15) is 11.5 Å². The number of fused-ring (bicyclic) bond motifs is 6. The van der Waals surface area contributed by atoms with Crippen molar-refractivity contribution in [1.82, 2.24) is 0 Å². The molecule has 6 nitrogen and oxygen atoms in total. The zero-order valence-corrected chi connectivity index (χ0v) is 22.6. The molecule has 0 N–H and O–H groups in total. The van der Waals surface area contributed by atoms with Crippen LogP contribution in [-0.4, -0.2) is 13.2 Å². The van der Waals surface area contributed by atoms with Crippen molar-refractivity contribution < 1.29 is 27.2 Å². The molecule has 2 heterocycles. The molecule has 6 rings (SSSR count). The second-order valence-electron chi connectivity index (χ2n) is 9.28. The average molecular weight is 546 g/mol. The summed E-state index contributed by atoms with van der Waals surface area (Å²) in [5.74, 6) is 1.16. The van der Waals surface area contributed by atoms with Crippen LogP contribution in [0.3, 0.4) is 0 Å². The molecule has 4 aromatic rings. The van der Waals surface area contributed by atoms with Gasteiger partial charge in [-0.25, -0.2) is 9.13 Å². The number of benzene rings is 4. The molecule has 38 heavy (non-hydrogen) atoms. The van der Waals surface area contributed by atoms with Crippen LogP contribution in [0.5, 0.6) is 11.5 Å². The van der Waals surface area contributed by atoms with Crippen LogP contribution < -0.4 is 19.7 Å². The van der Waals surface area contributed by atoms with E-state index in [9.17, 15) is 9.13 Å². The van der Waals surface area contributed by atoms with Gasteiger partial charge in [-0.05, 0) is 37.1 Å². The average Bonchev–Trinajstić information content (AvgIpc) is 2.95. The minimum atomic E-state index is -3.46. The van der Waals surface area contributed by atoms with Crippen LogP contribution in [0, 0.1) is 0 Å². The Labute approximate surface area is 222 Å². The number of hydrogen-bond acceptors (Lipinski definition) is 6. The Balaban J connectivity index is 1.000. The predicted octanol–water partition coefficient (Wildman–Crippen LogP) is 7.74. The molecule has 0 aromatic heterocycles. The van der Waals surface area contributed by atoms with Gasteiger partial charge in [-0.1, -0.05) is 85.6 Å². The standard InChI is InChI=1S/C30H28O6P2/c31-37(29-19-9-5-15-25(29)23-13-3-7-17-27(23)35-37)33-21-11-1-2-12-22-34-38(32)30-20-10-6-16-26(30)24-14-4-8-18-28(24)36-38/h3-10,13-20H,1-2,11-12,21-22H2. The minimum absolute atomic E-state index is 0.320. The Morgan fingerprint density at radius 3 is 1.29 bits per heavy atom. The van der Waals surface area contributed by atoms with Crippen molar-refractivity contribution in [3.8, 4) is 33.8 Å². The zero-order valence-electron chi connectivity index (χ0n) is 20.8. The first-order valence-electron chi connectivity index (χ1n) is 12.8. The maximum atomic E-state index is 13.6. The Kier molecular flexibility index (Phi) is 6.99. The third kappa shape index (κ3) is 4.74. The Morgan fingerprint density at radius 1 is 0.474 bits per heavy atom. The SMILES string of the molecule is O=P1(OCCCCCCOP2(=O)Oc3ccccc3-c3ccccc32)Oc2ccccc2-c2ccccc21. The summed E-state index contributed by atoms with van der Waals surface area (Å²) in [5.41, 5.74) is 3.62. The molecule has 0 bridgehead atoms. The molecule has 2 aliphatic heterocycles. The lowest BCUT2D eigenvalue weighted by Gasteiger charge is -2.28. The molecule has 194 valence electrons. The molecule has 2 unspecified atom stereocenters. The van der Waals surface area contributed by atoms with Crippen molar-refractivity contribution in [1.29, 1.82) is 0 Å². The lowest BCUT2D eigenvalue weighted by molar-refractivity contribution is 0.253. The summed E-state index contributed by atoms with van der Waals surface area (Å²) >= 11 is 0. The predicted molar refractivity (Wildman–Crippen MR) is 150 cm³/mol. The van der Waals surface area contributed by atoms with E-state index >= 15 is 0 Å². The highest BCUT2D eigenvalue weighted by Gasteiger charge is 2.38. The molecule has 0 amide bonds. The molecular formula is C30H28O6P2. The number of unbranched alkanes of at least 4 members (excludes halogenated alkanes) is 3. The molecule has 0 saturated carbocycles. The normalized spacial score (nSPS) is 20.7. The smallest absolute Gasteiger partial charge is 0.411 e. The maximum Gasteiger partial charge on any atom is 0.411 e. The Morgan fingerprint density at radius 2 is 0.842 bits per heavy atom. The van der Waals surface area contributed by atoms with Crippen molar-refractivity contribution in [2.24, 2.45) is 0 Å². The highest BCUT2D eigenvalue weighted by Crippen LogP contribution is 2.56. The topological polar surface area (TPSA) is 71.1 Å². The number of para-hydroxylation sites is 2. The van der Waals surface area contributed by atoms with Gasteiger partial charge in [0.05, 0.1) is 23.8 Å². The van der Waals surface area contributed by atoms with E-state index < -0.39 is 15.2 Å². The molecule has 0 saturated heterocycles. The van der Waals surface area contributed by atoms with Gasteiger partial charge in [-0.15, -0.1) is 0 Å². The van der Waals surface area contributed by atoms with Crippen molar-refractivity contribution >= 4 is 25.8 Å². The Bertz CT molecular complexity index is 1450. The summed E-state index contributed by atoms with van der Waals surface area (Å²) in [4.78, 5) is 0. The maximum absolute atomic E-state index is 13.6. The summed E-state index contributed by atoms with van der Waals surface area (Å²) in [6, 6.07) is 30.3. The summed E-state index contributed by atoms with van der Waals surface area (Å²) in [6.45, 7) is 0.640. The van der Waals surface area contributed by atoms with Crippen LogP contribution >= 0.6 is 15.2 Å². The molecule has 2 aliphatic rings. The third-order valence-corrected chi connectivity index (χ3v) is 10.6. The quantitative estimate of drug-likeness (QED) is 0.158. The highest BCUT2D eigenvalue weighted by atomic mass is 31.2. The summed E-state index contributed by atoms with van der Waals surface area (Å²) in [7, 11) is -6.92. The van der Waals surface area contributed by atoms with E-state index in [-0.39, 0.29) is 0 Å². The molecular weight excluding hydrogens is 518 g/mol. The lowest BCUT2D eigenvalue weighted by Crippen LogP contribution is -2.20. The molecule has 0 radical (unpaired) electrons. The number of hydrogen-bond donors (Lipinski definition) is 0. The molecule has 4 aromatic carbocycles. The van der Waals surface area contributed by atoms with Crippen LogP contribution in [-0.2, 0) is 18.2 Å². The summed E-state index contributed by atoms with van der Waals surface area (Å²) in [6.07, 6.45) is 3.15. The van der Waals surface area contributed by atoms with Gasteiger partial charge < -0.3 is 9.05 Å².